The lowest BCUT2D eigenvalue weighted by atomic mass is 9.98. The van der Waals surface area contributed by atoms with Gasteiger partial charge in [0.1, 0.15) is 34.9 Å². The van der Waals surface area contributed by atoms with Gasteiger partial charge in [-0.05, 0) is 48.4 Å². The molecule has 1 aromatic heterocycles. The third-order valence-electron chi connectivity index (χ3n) is 5.63. The van der Waals surface area contributed by atoms with Gasteiger partial charge in [0, 0.05) is 17.5 Å². The zero-order valence-electron chi connectivity index (χ0n) is 19.6. The number of amides is 2. The van der Waals surface area contributed by atoms with E-state index in [1.54, 1.807) is 62.8 Å². The molecule has 0 radical (unpaired) electrons. The zero-order valence-corrected chi connectivity index (χ0v) is 19.6. The van der Waals surface area contributed by atoms with Gasteiger partial charge >= 0.3 is 5.97 Å². The molecule has 10 nitrogen and oxygen atoms in total. The largest absolute Gasteiger partial charge is 0.497 e. The quantitative estimate of drug-likeness (QED) is 0.460. The first-order valence-electron chi connectivity index (χ1n) is 11.0. The highest BCUT2D eigenvalue weighted by Gasteiger charge is 2.29. The number of nitrogens with one attached hydrogen (secondary N) is 2. The molecule has 0 bridgehead atoms. The smallest absolute Gasteiger partial charge is 0.329 e. The molecule has 2 heterocycles. The molecule has 2 N–H and O–H groups in total. The zero-order chi connectivity index (χ0) is 25.7. The summed E-state index contributed by atoms with van der Waals surface area (Å²) in [6, 6.07) is 15.4. The number of esters is 1. The number of carbonyl (C=O) groups excluding carboxylic acids is 3. The summed E-state index contributed by atoms with van der Waals surface area (Å²) in [5.74, 6) is -0.0714. The van der Waals surface area contributed by atoms with Crippen LogP contribution in [0.25, 0.3) is 22.5 Å². The maximum absolute atomic E-state index is 12.5. The van der Waals surface area contributed by atoms with Crippen LogP contribution in [0, 0.1) is 11.3 Å². The second kappa shape index (κ2) is 10.7. The van der Waals surface area contributed by atoms with Crippen LogP contribution < -0.4 is 20.1 Å². The molecule has 2 aromatic carbocycles. The maximum atomic E-state index is 12.5. The highest BCUT2D eigenvalue weighted by molar-refractivity contribution is 5.97. The lowest BCUT2D eigenvalue weighted by Crippen LogP contribution is -2.36. The van der Waals surface area contributed by atoms with Crippen molar-refractivity contribution in [1.29, 1.82) is 5.26 Å². The SMILES string of the molecule is COc1ccc(-c2oc(NC(=O)COC(=O)[C@H]3CCC(=O)N3)c(C#N)c2-c2ccc(OC)cc2)cc1. The Balaban J connectivity index is 1.62. The van der Waals surface area contributed by atoms with Crippen LogP contribution in [0.1, 0.15) is 18.4 Å². The Kier molecular flexibility index (Phi) is 7.20. The highest BCUT2D eigenvalue weighted by Crippen LogP contribution is 2.42. The predicted molar refractivity (Wildman–Crippen MR) is 128 cm³/mol. The number of hydrogen-bond donors (Lipinski definition) is 2. The Morgan fingerprint density at radius 2 is 1.67 bits per heavy atom. The van der Waals surface area contributed by atoms with Crippen molar-refractivity contribution in [2.75, 3.05) is 26.1 Å². The van der Waals surface area contributed by atoms with Crippen LogP contribution in [0.2, 0.25) is 0 Å². The number of furan rings is 1. The van der Waals surface area contributed by atoms with E-state index in [4.69, 9.17) is 18.6 Å². The standard InChI is InChI=1S/C26H23N3O7/c1-33-17-7-3-15(4-8-17)23-19(13-27)25(36-24(23)16-5-9-18(34-2)10-6-16)29-22(31)14-35-26(32)20-11-12-21(30)28-20/h3-10,20H,11-12,14H2,1-2H3,(H,28,30)(H,29,31)/t20-/m1/s1. The van der Waals surface area contributed by atoms with Crippen molar-refractivity contribution >= 4 is 23.7 Å². The van der Waals surface area contributed by atoms with Gasteiger partial charge in [0.15, 0.2) is 6.61 Å². The first-order valence-corrected chi connectivity index (χ1v) is 11.0. The number of ether oxygens (including phenoxy) is 3. The van der Waals surface area contributed by atoms with Gasteiger partial charge < -0.3 is 23.9 Å². The molecule has 1 atom stereocenters. The molecule has 0 spiro atoms. The van der Waals surface area contributed by atoms with E-state index < -0.39 is 24.5 Å². The molecule has 0 aliphatic carbocycles. The van der Waals surface area contributed by atoms with E-state index in [9.17, 15) is 19.6 Å². The van der Waals surface area contributed by atoms with Crippen molar-refractivity contribution in [2.24, 2.45) is 0 Å². The minimum Gasteiger partial charge on any atom is -0.497 e. The Hall–Kier alpha value is -4.78. The van der Waals surface area contributed by atoms with Crippen molar-refractivity contribution in [1.82, 2.24) is 5.32 Å². The van der Waals surface area contributed by atoms with E-state index >= 15 is 0 Å². The van der Waals surface area contributed by atoms with Gasteiger partial charge in [0.2, 0.25) is 11.8 Å². The van der Waals surface area contributed by atoms with Crippen LogP contribution in [-0.2, 0) is 19.1 Å². The van der Waals surface area contributed by atoms with E-state index in [0.717, 1.165) is 0 Å². The Morgan fingerprint density at radius 3 is 2.19 bits per heavy atom. The van der Waals surface area contributed by atoms with Gasteiger partial charge in [-0.15, -0.1) is 0 Å². The monoisotopic (exact) mass is 489 g/mol. The Bertz CT molecular complexity index is 1320. The minimum absolute atomic E-state index is 0.0793. The van der Waals surface area contributed by atoms with Crippen molar-refractivity contribution in [3.63, 3.8) is 0 Å². The number of nitriles is 1. The number of carbonyl (C=O) groups is 3. The molecular formula is C26H23N3O7. The van der Waals surface area contributed by atoms with Crippen molar-refractivity contribution in [3.8, 4) is 40.0 Å². The number of methoxy groups -OCH3 is 2. The van der Waals surface area contributed by atoms with Crippen LogP contribution in [0.3, 0.4) is 0 Å². The lowest BCUT2D eigenvalue weighted by Gasteiger charge is -2.09. The molecule has 0 unspecified atom stereocenters. The number of nitrogens with zero attached hydrogens (tertiary/aromatic N) is 1. The van der Waals surface area contributed by atoms with E-state index in [1.165, 1.54) is 0 Å². The van der Waals surface area contributed by atoms with Gasteiger partial charge in [-0.2, -0.15) is 5.26 Å². The molecule has 4 rings (SSSR count). The topological polar surface area (TPSA) is 140 Å². The molecule has 184 valence electrons. The van der Waals surface area contributed by atoms with E-state index in [-0.39, 0.29) is 23.8 Å². The maximum Gasteiger partial charge on any atom is 0.329 e. The van der Waals surface area contributed by atoms with Gasteiger partial charge in [-0.3, -0.25) is 14.9 Å². The van der Waals surface area contributed by atoms with Crippen molar-refractivity contribution in [3.05, 3.63) is 54.1 Å². The fraction of sp³-hybridized carbons (Fsp3) is 0.231. The lowest BCUT2D eigenvalue weighted by molar-refractivity contribution is -0.149. The summed E-state index contributed by atoms with van der Waals surface area (Å²) in [4.78, 5) is 35.9. The summed E-state index contributed by atoms with van der Waals surface area (Å²) >= 11 is 0. The summed E-state index contributed by atoms with van der Waals surface area (Å²) in [5.41, 5.74) is 1.91. The van der Waals surface area contributed by atoms with Gasteiger partial charge in [0.05, 0.1) is 14.2 Å². The van der Waals surface area contributed by atoms with Crippen LogP contribution in [0.4, 0.5) is 5.88 Å². The van der Waals surface area contributed by atoms with Crippen LogP contribution in [-0.4, -0.2) is 44.7 Å². The fourth-order valence-corrected chi connectivity index (χ4v) is 3.80. The normalized spacial score (nSPS) is 14.5. The first kappa shape index (κ1) is 24.3. The summed E-state index contributed by atoms with van der Waals surface area (Å²) in [6.07, 6.45) is 0.540. The Morgan fingerprint density at radius 1 is 1.06 bits per heavy atom. The number of rotatable bonds is 8. The molecule has 0 saturated carbocycles. The predicted octanol–water partition coefficient (Wildman–Crippen LogP) is 3.26. The van der Waals surface area contributed by atoms with Gasteiger partial charge in [-0.1, -0.05) is 12.1 Å². The number of anilines is 1. The number of benzene rings is 2. The summed E-state index contributed by atoms with van der Waals surface area (Å²) in [7, 11) is 3.11. The second-order valence-electron chi connectivity index (χ2n) is 7.89. The van der Waals surface area contributed by atoms with E-state index in [1.807, 2.05) is 0 Å². The molecule has 1 fully saturated rings. The molecular weight excluding hydrogens is 466 g/mol. The molecule has 1 aliphatic rings. The van der Waals surface area contributed by atoms with Gasteiger partial charge in [0.25, 0.3) is 5.91 Å². The highest BCUT2D eigenvalue weighted by atomic mass is 16.5. The van der Waals surface area contributed by atoms with E-state index in [2.05, 4.69) is 16.7 Å². The van der Waals surface area contributed by atoms with Crippen molar-refractivity contribution < 1.29 is 33.0 Å². The van der Waals surface area contributed by atoms with Crippen LogP contribution >= 0.6 is 0 Å². The molecule has 2 amide bonds. The third kappa shape index (κ3) is 5.15. The average molecular weight is 489 g/mol. The van der Waals surface area contributed by atoms with Crippen LogP contribution in [0.15, 0.2) is 52.9 Å². The molecule has 3 aromatic rings. The molecule has 36 heavy (non-hydrogen) atoms. The Labute approximate surface area is 206 Å². The van der Waals surface area contributed by atoms with Crippen LogP contribution in [0.5, 0.6) is 11.5 Å². The fourth-order valence-electron chi connectivity index (χ4n) is 3.80. The van der Waals surface area contributed by atoms with Crippen molar-refractivity contribution in [2.45, 2.75) is 18.9 Å². The summed E-state index contributed by atoms with van der Waals surface area (Å²) in [5, 5.41) is 15.0. The first-order chi connectivity index (χ1) is 17.4. The molecule has 1 aliphatic heterocycles. The summed E-state index contributed by atoms with van der Waals surface area (Å²) in [6.45, 7) is -0.605. The van der Waals surface area contributed by atoms with E-state index in [0.29, 0.717) is 40.4 Å². The van der Waals surface area contributed by atoms with Gasteiger partial charge in [-0.25, -0.2) is 4.79 Å². The second-order valence-corrected chi connectivity index (χ2v) is 7.89. The molecule has 1 saturated heterocycles. The summed E-state index contributed by atoms with van der Waals surface area (Å²) < 4.78 is 21.4. The molecule has 10 heteroatoms. The minimum atomic E-state index is -0.771. The average Bonchev–Trinajstić information content (AvgIpc) is 3.50. The number of hydrogen-bond acceptors (Lipinski definition) is 8. The third-order valence-corrected chi connectivity index (χ3v) is 5.63.